The maximum Gasteiger partial charge on any atom is 0.0733 e. The molecular formula is C22H29ClN2. The van der Waals surface area contributed by atoms with Crippen LogP contribution in [0.5, 0.6) is 0 Å². The van der Waals surface area contributed by atoms with E-state index in [-0.39, 0.29) is 0 Å². The fraction of sp³-hybridized carbons (Fsp3) is 0.409. The fourth-order valence-corrected chi connectivity index (χ4v) is 3.71. The number of benzene rings is 1. The molecule has 2 aliphatic rings. The Hall–Kier alpha value is -1.64. The molecule has 1 fully saturated rings. The van der Waals surface area contributed by atoms with Crippen LogP contribution >= 0.6 is 11.6 Å². The maximum atomic E-state index is 6.24. The molecule has 25 heavy (non-hydrogen) atoms. The van der Waals surface area contributed by atoms with Crippen LogP contribution in [0.1, 0.15) is 50.7 Å². The Morgan fingerprint density at radius 2 is 1.84 bits per heavy atom. The standard InChI is InChI=1S/C20H23ClN2.C2H6/c1-3-23-20-14(2)5-4-6-16-13-17(21)7-8-18(16)19(20)15-9-11-22-12-10-15;1-2/h3,7-8,13,22H,1-2,4-6,9-12H2;1-2H3. The molecule has 3 rings (SSSR count). The van der Waals surface area contributed by atoms with E-state index in [1.807, 2.05) is 19.9 Å². The van der Waals surface area contributed by atoms with Gasteiger partial charge in [-0.15, -0.1) is 0 Å². The van der Waals surface area contributed by atoms with E-state index in [0.717, 1.165) is 61.5 Å². The van der Waals surface area contributed by atoms with Crippen molar-refractivity contribution in [3.8, 4) is 0 Å². The quantitative estimate of drug-likeness (QED) is 0.657. The van der Waals surface area contributed by atoms with E-state index in [0.29, 0.717) is 0 Å². The Balaban J connectivity index is 0.00000109. The largest absolute Gasteiger partial charge is 0.316 e. The van der Waals surface area contributed by atoms with E-state index in [1.165, 1.54) is 22.3 Å². The third kappa shape index (κ3) is 4.71. The molecule has 1 saturated heterocycles. The highest BCUT2D eigenvalue weighted by Gasteiger charge is 2.23. The molecule has 1 aromatic rings. The highest BCUT2D eigenvalue weighted by molar-refractivity contribution is 6.33. The van der Waals surface area contributed by atoms with Gasteiger partial charge in [0.1, 0.15) is 0 Å². The Kier molecular flexibility index (Phi) is 7.67. The first-order valence-electron chi connectivity index (χ1n) is 9.29. The van der Waals surface area contributed by atoms with Crippen LogP contribution in [0.25, 0.3) is 5.57 Å². The van der Waals surface area contributed by atoms with Crippen LogP contribution < -0.4 is 5.32 Å². The van der Waals surface area contributed by atoms with Crippen LogP contribution in [0.3, 0.4) is 0 Å². The number of halogens is 1. The van der Waals surface area contributed by atoms with Gasteiger partial charge in [0.05, 0.1) is 5.71 Å². The highest BCUT2D eigenvalue weighted by atomic mass is 35.5. The second-order valence-electron chi connectivity index (χ2n) is 6.15. The average Bonchev–Trinajstić information content (AvgIpc) is 2.64. The van der Waals surface area contributed by atoms with Gasteiger partial charge in [0.15, 0.2) is 0 Å². The minimum absolute atomic E-state index is 0.806. The van der Waals surface area contributed by atoms with E-state index < -0.39 is 0 Å². The third-order valence-corrected chi connectivity index (χ3v) is 4.85. The Bertz CT molecular complexity index is 690. The number of fused-ring (bicyclic) bond motifs is 1. The summed E-state index contributed by atoms with van der Waals surface area (Å²) in [7, 11) is 0. The summed E-state index contributed by atoms with van der Waals surface area (Å²) in [5.74, 6) is 0. The van der Waals surface area contributed by atoms with Crippen molar-refractivity contribution >= 4 is 22.9 Å². The molecule has 0 bridgehead atoms. The lowest BCUT2D eigenvalue weighted by molar-refractivity contribution is 0.612. The molecule has 1 heterocycles. The van der Waals surface area contributed by atoms with E-state index in [9.17, 15) is 0 Å². The number of aliphatic imine (C=N–C) groups is 1. The minimum atomic E-state index is 0.806. The summed E-state index contributed by atoms with van der Waals surface area (Å²) in [6.07, 6.45) is 6.83. The second kappa shape index (κ2) is 9.74. The molecule has 1 aromatic carbocycles. The van der Waals surface area contributed by atoms with Crippen molar-refractivity contribution in [3.05, 3.63) is 64.9 Å². The van der Waals surface area contributed by atoms with Crippen LogP contribution in [0.2, 0.25) is 5.02 Å². The zero-order valence-electron chi connectivity index (χ0n) is 15.5. The molecule has 1 aliphatic heterocycles. The lowest BCUT2D eigenvalue weighted by atomic mass is 9.81. The van der Waals surface area contributed by atoms with Crippen LogP contribution in [-0.4, -0.2) is 18.8 Å². The molecule has 0 atom stereocenters. The number of allylic oxidation sites excluding steroid dienone is 2. The molecule has 2 nitrogen and oxygen atoms in total. The second-order valence-corrected chi connectivity index (χ2v) is 6.58. The van der Waals surface area contributed by atoms with Crippen molar-refractivity contribution in [1.82, 2.24) is 5.32 Å². The minimum Gasteiger partial charge on any atom is -0.316 e. The Morgan fingerprint density at radius 1 is 1.12 bits per heavy atom. The van der Waals surface area contributed by atoms with Crippen molar-refractivity contribution < 1.29 is 0 Å². The lowest BCUT2D eigenvalue weighted by Gasteiger charge is -2.26. The summed E-state index contributed by atoms with van der Waals surface area (Å²) in [6.45, 7) is 14.2. The molecule has 0 unspecified atom stereocenters. The van der Waals surface area contributed by atoms with Gasteiger partial charge in [-0.3, -0.25) is 4.99 Å². The van der Waals surface area contributed by atoms with E-state index in [1.54, 1.807) is 6.20 Å². The summed E-state index contributed by atoms with van der Waals surface area (Å²) in [5.41, 5.74) is 7.46. The van der Waals surface area contributed by atoms with Crippen LogP contribution in [0.4, 0.5) is 0 Å². The lowest BCUT2D eigenvalue weighted by Crippen LogP contribution is -2.25. The molecule has 1 aliphatic carbocycles. The van der Waals surface area contributed by atoms with Gasteiger partial charge in [0, 0.05) is 16.8 Å². The summed E-state index contributed by atoms with van der Waals surface area (Å²) >= 11 is 6.24. The number of rotatable bonds is 1. The monoisotopic (exact) mass is 356 g/mol. The summed E-state index contributed by atoms with van der Waals surface area (Å²) < 4.78 is 0. The van der Waals surface area contributed by atoms with Gasteiger partial charge in [-0.25, -0.2) is 0 Å². The first kappa shape index (κ1) is 19.7. The van der Waals surface area contributed by atoms with Crippen LogP contribution in [0.15, 0.2) is 53.7 Å². The summed E-state index contributed by atoms with van der Waals surface area (Å²) in [6, 6.07) is 6.25. The SMILES string of the molecule is C=CN=C1C(=C)CCCc2cc(Cl)ccc2C1=C1CCNCC1.CC. The molecule has 0 saturated carbocycles. The molecule has 0 aromatic heterocycles. The molecule has 1 N–H and O–H groups in total. The van der Waals surface area contributed by atoms with Crippen molar-refractivity contribution in [3.63, 3.8) is 0 Å². The van der Waals surface area contributed by atoms with E-state index >= 15 is 0 Å². The number of piperidine rings is 1. The fourth-order valence-electron chi connectivity index (χ4n) is 3.51. The number of hydrogen-bond donors (Lipinski definition) is 1. The van der Waals surface area contributed by atoms with Gasteiger partial charge in [-0.05, 0) is 74.0 Å². The zero-order chi connectivity index (χ0) is 18.2. The van der Waals surface area contributed by atoms with Gasteiger partial charge >= 0.3 is 0 Å². The van der Waals surface area contributed by atoms with Crippen molar-refractivity contribution in [1.29, 1.82) is 0 Å². The molecule has 0 spiro atoms. The van der Waals surface area contributed by atoms with E-state index in [4.69, 9.17) is 11.6 Å². The molecular weight excluding hydrogens is 328 g/mol. The Morgan fingerprint density at radius 3 is 2.52 bits per heavy atom. The first-order chi connectivity index (χ1) is 12.2. The van der Waals surface area contributed by atoms with Gasteiger partial charge in [0.2, 0.25) is 0 Å². The molecule has 134 valence electrons. The summed E-state index contributed by atoms with van der Waals surface area (Å²) in [4.78, 5) is 4.61. The average molecular weight is 357 g/mol. The van der Waals surface area contributed by atoms with E-state index in [2.05, 4.69) is 35.6 Å². The zero-order valence-corrected chi connectivity index (χ0v) is 16.3. The van der Waals surface area contributed by atoms with Gasteiger partial charge < -0.3 is 5.32 Å². The number of nitrogens with zero attached hydrogens (tertiary/aromatic N) is 1. The summed E-state index contributed by atoms with van der Waals surface area (Å²) in [5, 5.41) is 4.24. The number of hydrogen-bond acceptors (Lipinski definition) is 2. The molecule has 0 radical (unpaired) electrons. The highest BCUT2D eigenvalue weighted by Crippen LogP contribution is 2.35. The third-order valence-electron chi connectivity index (χ3n) is 4.61. The Labute approximate surface area is 157 Å². The van der Waals surface area contributed by atoms with Gasteiger partial charge in [-0.2, -0.15) is 0 Å². The predicted molar refractivity (Wildman–Crippen MR) is 112 cm³/mol. The molecule has 0 amide bonds. The van der Waals surface area contributed by atoms with Crippen molar-refractivity contribution in [2.45, 2.75) is 46.0 Å². The topological polar surface area (TPSA) is 24.4 Å². The normalized spacial score (nSPS) is 19.5. The maximum absolute atomic E-state index is 6.24. The smallest absolute Gasteiger partial charge is 0.0733 e. The van der Waals surface area contributed by atoms with Crippen LogP contribution in [0, 0.1) is 0 Å². The van der Waals surface area contributed by atoms with Crippen LogP contribution in [-0.2, 0) is 6.42 Å². The van der Waals surface area contributed by atoms with Gasteiger partial charge in [0.25, 0.3) is 0 Å². The first-order valence-corrected chi connectivity index (χ1v) is 9.67. The van der Waals surface area contributed by atoms with Gasteiger partial charge in [-0.1, -0.05) is 50.2 Å². The van der Waals surface area contributed by atoms with Crippen molar-refractivity contribution in [2.75, 3.05) is 13.1 Å². The predicted octanol–water partition coefficient (Wildman–Crippen LogP) is 5.98. The van der Waals surface area contributed by atoms with Crippen molar-refractivity contribution in [2.24, 2.45) is 4.99 Å². The number of nitrogens with one attached hydrogen (secondary N) is 1. The number of aryl methyl sites for hydroxylation is 1. The molecule has 3 heteroatoms.